The van der Waals surface area contributed by atoms with Crippen molar-refractivity contribution >= 4 is 34.5 Å². The Morgan fingerprint density at radius 2 is 2.20 bits per heavy atom. The van der Waals surface area contributed by atoms with Gasteiger partial charge in [-0.3, -0.25) is 0 Å². The van der Waals surface area contributed by atoms with Gasteiger partial charge in [-0.05, 0) is 25.1 Å². The van der Waals surface area contributed by atoms with Crippen molar-refractivity contribution in [1.82, 2.24) is 4.57 Å². The molecule has 0 amide bonds. The summed E-state index contributed by atoms with van der Waals surface area (Å²) in [7, 11) is 2.00. The van der Waals surface area contributed by atoms with Crippen LogP contribution in [-0.4, -0.2) is 10.9 Å². The largest absolute Gasteiger partial charge is 0.390 e. The van der Waals surface area contributed by atoms with Crippen molar-refractivity contribution in [3.05, 3.63) is 28.9 Å². The molecule has 0 aliphatic rings. The highest BCUT2D eigenvalue weighted by atomic mass is 35.5. The Bertz CT molecular complexity index is 540. The third-order valence-electron chi connectivity index (χ3n) is 2.62. The Morgan fingerprint density at radius 3 is 2.87 bits per heavy atom. The number of benzene rings is 1. The van der Waals surface area contributed by atoms with Crippen LogP contribution in [0.15, 0.2) is 23.2 Å². The molecule has 1 heterocycles. The summed E-state index contributed by atoms with van der Waals surface area (Å²) in [6.07, 6.45) is 1.28. The first-order valence-electron chi connectivity index (χ1n) is 4.64. The van der Waals surface area contributed by atoms with Gasteiger partial charge in [0.05, 0.1) is 17.0 Å². The molecule has 78 valence electrons. The number of fused-ring (bicyclic) bond motifs is 1. The van der Waals surface area contributed by atoms with Crippen LogP contribution in [0.2, 0.25) is 5.02 Å². The molecule has 2 aromatic rings. The minimum atomic E-state index is 0.779. The van der Waals surface area contributed by atoms with E-state index >= 15 is 0 Å². The number of halogens is 1. The molecule has 3 nitrogen and oxygen atoms in total. The highest BCUT2D eigenvalue weighted by Crippen LogP contribution is 2.31. The Hall–Kier alpha value is -1.48. The number of aryl methyl sites for hydroxylation is 1. The molecule has 1 aromatic heterocycles. The zero-order valence-electron chi connectivity index (χ0n) is 8.66. The molecule has 0 bridgehead atoms. The molecular weight excluding hydrogens is 210 g/mol. The monoisotopic (exact) mass is 221 g/mol. The summed E-state index contributed by atoms with van der Waals surface area (Å²) in [5, 5.41) is 1.79. The van der Waals surface area contributed by atoms with E-state index in [1.54, 1.807) is 0 Å². The number of aromatic nitrogens is 1. The highest BCUT2D eigenvalue weighted by molar-refractivity contribution is 6.36. The summed E-state index contributed by atoms with van der Waals surface area (Å²) in [6, 6.07) is 5.85. The van der Waals surface area contributed by atoms with Gasteiger partial charge in [0, 0.05) is 23.6 Å². The fourth-order valence-corrected chi connectivity index (χ4v) is 1.96. The van der Waals surface area contributed by atoms with Crippen molar-refractivity contribution < 1.29 is 0 Å². The van der Waals surface area contributed by atoms with Crippen LogP contribution in [0.5, 0.6) is 0 Å². The molecule has 0 saturated heterocycles. The average Bonchev–Trinajstić information content (AvgIpc) is 2.45. The van der Waals surface area contributed by atoms with Crippen LogP contribution in [0.1, 0.15) is 5.69 Å². The van der Waals surface area contributed by atoms with Crippen LogP contribution in [0.4, 0.5) is 5.69 Å². The van der Waals surface area contributed by atoms with Crippen molar-refractivity contribution in [2.24, 2.45) is 17.8 Å². The Balaban J connectivity index is 2.77. The first kappa shape index (κ1) is 10.1. The molecule has 0 atom stereocenters. The lowest BCUT2D eigenvalue weighted by atomic mass is 10.2. The molecule has 0 spiro atoms. The lowest BCUT2D eigenvalue weighted by molar-refractivity contribution is 0.918. The summed E-state index contributed by atoms with van der Waals surface area (Å²) in [6.45, 7) is 1.99. The van der Waals surface area contributed by atoms with Gasteiger partial charge in [0.25, 0.3) is 0 Å². The lowest BCUT2D eigenvalue weighted by Crippen LogP contribution is -1.89. The molecule has 0 aliphatic heterocycles. The lowest BCUT2D eigenvalue weighted by Gasteiger charge is -1.98. The van der Waals surface area contributed by atoms with E-state index < -0.39 is 0 Å². The topological polar surface area (TPSA) is 43.3 Å². The van der Waals surface area contributed by atoms with Gasteiger partial charge < -0.3 is 10.3 Å². The predicted octanol–water partition coefficient (Wildman–Crippen LogP) is 2.76. The first-order chi connectivity index (χ1) is 7.15. The minimum Gasteiger partial charge on any atom is -0.390 e. The Kier molecular flexibility index (Phi) is 2.40. The van der Waals surface area contributed by atoms with E-state index in [1.807, 2.05) is 32.2 Å². The molecular formula is C11H12ClN3. The second-order valence-electron chi connectivity index (χ2n) is 3.44. The van der Waals surface area contributed by atoms with Crippen molar-refractivity contribution in [2.45, 2.75) is 6.92 Å². The van der Waals surface area contributed by atoms with Gasteiger partial charge in [-0.25, -0.2) is 4.99 Å². The first-order valence-corrected chi connectivity index (χ1v) is 5.01. The molecule has 1 aromatic carbocycles. The van der Waals surface area contributed by atoms with Gasteiger partial charge in [0.2, 0.25) is 0 Å². The molecule has 0 saturated carbocycles. The van der Waals surface area contributed by atoms with Crippen LogP contribution in [-0.2, 0) is 7.05 Å². The van der Waals surface area contributed by atoms with Gasteiger partial charge in [-0.2, -0.15) is 0 Å². The summed E-state index contributed by atoms with van der Waals surface area (Å²) < 4.78 is 2.06. The van der Waals surface area contributed by atoms with Gasteiger partial charge in [0.1, 0.15) is 0 Å². The molecule has 0 unspecified atom stereocenters. The van der Waals surface area contributed by atoms with Crippen molar-refractivity contribution in [3.63, 3.8) is 0 Å². The zero-order valence-corrected chi connectivity index (χ0v) is 9.42. The molecule has 15 heavy (non-hydrogen) atoms. The SMILES string of the molecule is Cc1c(Cl)c2cc(N=CN)ccc2n1C. The third kappa shape index (κ3) is 1.49. The van der Waals surface area contributed by atoms with E-state index in [1.165, 1.54) is 6.34 Å². The molecule has 2 N–H and O–H groups in total. The van der Waals surface area contributed by atoms with Gasteiger partial charge >= 0.3 is 0 Å². The average molecular weight is 222 g/mol. The zero-order chi connectivity index (χ0) is 11.0. The molecule has 2 rings (SSSR count). The van der Waals surface area contributed by atoms with E-state index in [2.05, 4.69) is 9.56 Å². The molecule has 0 fully saturated rings. The number of nitrogens with zero attached hydrogens (tertiary/aromatic N) is 2. The summed E-state index contributed by atoms with van der Waals surface area (Å²) in [5.41, 5.74) is 8.23. The molecule has 0 radical (unpaired) electrons. The minimum absolute atomic E-state index is 0.779. The number of hydrogen-bond donors (Lipinski definition) is 1. The number of hydrogen-bond acceptors (Lipinski definition) is 1. The van der Waals surface area contributed by atoms with Crippen LogP contribution >= 0.6 is 11.6 Å². The standard InChI is InChI=1S/C11H12ClN3/c1-7-11(12)9-5-8(14-6-13)3-4-10(9)15(7)2/h3-6H,1-2H3,(H2,13,14). The van der Waals surface area contributed by atoms with Crippen LogP contribution in [0.3, 0.4) is 0 Å². The van der Waals surface area contributed by atoms with Crippen molar-refractivity contribution in [3.8, 4) is 0 Å². The quantitative estimate of drug-likeness (QED) is 0.584. The number of aliphatic imine (C=N–C) groups is 1. The molecule has 0 aliphatic carbocycles. The van der Waals surface area contributed by atoms with Gasteiger partial charge in [-0.15, -0.1) is 0 Å². The van der Waals surface area contributed by atoms with Crippen molar-refractivity contribution in [2.75, 3.05) is 0 Å². The Morgan fingerprint density at radius 1 is 1.47 bits per heavy atom. The van der Waals surface area contributed by atoms with Crippen molar-refractivity contribution in [1.29, 1.82) is 0 Å². The van der Waals surface area contributed by atoms with E-state index in [-0.39, 0.29) is 0 Å². The fourth-order valence-electron chi connectivity index (χ4n) is 1.68. The van der Waals surface area contributed by atoms with E-state index in [4.69, 9.17) is 17.3 Å². The number of rotatable bonds is 1. The summed E-state index contributed by atoms with van der Waals surface area (Å²) >= 11 is 6.22. The second kappa shape index (κ2) is 3.59. The summed E-state index contributed by atoms with van der Waals surface area (Å²) in [5.74, 6) is 0. The normalized spacial score (nSPS) is 11.7. The van der Waals surface area contributed by atoms with Crippen LogP contribution < -0.4 is 5.73 Å². The fraction of sp³-hybridized carbons (Fsp3) is 0.182. The highest BCUT2D eigenvalue weighted by Gasteiger charge is 2.09. The van der Waals surface area contributed by atoms with Crippen LogP contribution in [0.25, 0.3) is 10.9 Å². The van der Waals surface area contributed by atoms with Gasteiger partial charge in [0.15, 0.2) is 0 Å². The smallest absolute Gasteiger partial charge is 0.0860 e. The predicted molar refractivity (Wildman–Crippen MR) is 65.0 cm³/mol. The van der Waals surface area contributed by atoms with E-state index in [0.29, 0.717) is 0 Å². The maximum atomic E-state index is 6.22. The van der Waals surface area contributed by atoms with E-state index in [9.17, 15) is 0 Å². The van der Waals surface area contributed by atoms with E-state index in [0.717, 1.165) is 27.3 Å². The number of nitrogens with two attached hydrogens (primary N) is 1. The molecule has 4 heteroatoms. The third-order valence-corrected chi connectivity index (χ3v) is 3.10. The summed E-state index contributed by atoms with van der Waals surface area (Å²) in [4.78, 5) is 4.02. The second-order valence-corrected chi connectivity index (χ2v) is 3.82. The van der Waals surface area contributed by atoms with Gasteiger partial charge in [-0.1, -0.05) is 11.6 Å². The maximum Gasteiger partial charge on any atom is 0.0860 e. The van der Waals surface area contributed by atoms with Crippen LogP contribution in [0, 0.1) is 6.92 Å². The Labute approximate surface area is 93.2 Å². The maximum absolute atomic E-state index is 6.22.